The van der Waals surface area contributed by atoms with Crippen LogP contribution in [0.1, 0.15) is 193 Å². The molecule has 304 valence electrons. The Labute approximate surface area is 343 Å². The molecule has 6 saturated carbocycles. The second kappa shape index (κ2) is 19.9. The van der Waals surface area contributed by atoms with Crippen molar-refractivity contribution in [2.75, 3.05) is 0 Å². The third-order valence-corrected chi connectivity index (χ3v) is 35.5. The molecule has 0 bridgehead atoms. The van der Waals surface area contributed by atoms with E-state index in [-0.39, 0.29) is 0 Å². The van der Waals surface area contributed by atoms with Crippen LogP contribution in [0.25, 0.3) is 0 Å². The van der Waals surface area contributed by atoms with Gasteiger partial charge < -0.3 is 0 Å². The summed E-state index contributed by atoms with van der Waals surface area (Å²) < 4.78 is 33.5. The van der Waals surface area contributed by atoms with Gasteiger partial charge in [-0.2, -0.15) is 0 Å². The van der Waals surface area contributed by atoms with E-state index in [1.165, 1.54) is 193 Å². The summed E-state index contributed by atoms with van der Waals surface area (Å²) in [4.78, 5) is 0. The SMILES string of the molecule is c1ccc([O][Ti]([O]c2ccccc2)([O][Si](C2CCCCC2)(C2CCCCC2)C2CCCCC2)[O][Si](C2CCCCC2)(C2CCCCC2)C2CCCCC2)cc1. The average Bonchev–Trinajstić information content (AvgIpc) is 3.27. The Kier molecular flexibility index (Phi) is 14.8. The van der Waals surface area contributed by atoms with Crippen molar-refractivity contribution in [1.82, 2.24) is 0 Å². The fourth-order valence-electron chi connectivity index (χ4n) is 13.6. The molecule has 0 amide bonds. The Bertz CT molecular complexity index is 1190. The molecule has 2 aromatic carbocycles. The Morgan fingerprint density at radius 2 is 0.527 bits per heavy atom. The van der Waals surface area contributed by atoms with E-state index < -0.39 is 34.8 Å². The monoisotopic (exact) mass is 820 g/mol. The zero-order valence-electron chi connectivity index (χ0n) is 34.6. The molecule has 8 rings (SSSR count). The second-order valence-electron chi connectivity index (χ2n) is 19.3. The summed E-state index contributed by atoms with van der Waals surface area (Å²) >= 11 is -4.75. The third-order valence-electron chi connectivity index (χ3n) is 16.0. The fraction of sp³-hybridized carbons (Fsp3) is 0.750. The molecular weight excluding hydrogens is 745 g/mol. The predicted octanol–water partition coefficient (Wildman–Crippen LogP) is 15.9. The van der Waals surface area contributed by atoms with Crippen LogP contribution in [0.4, 0.5) is 0 Å². The van der Waals surface area contributed by atoms with Crippen molar-refractivity contribution >= 4 is 16.6 Å². The van der Waals surface area contributed by atoms with E-state index in [9.17, 15) is 0 Å². The van der Waals surface area contributed by atoms with Gasteiger partial charge in [-0.05, 0) is 0 Å². The second-order valence-corrected chi connectivity index (χ2v) is 32.1. The average molecular weight is 821 g/mol. The number of hydrogen-bond acceptors (Lipinski definition) is 4. The number of benzene rings is 2. The van der Waals surface area contributed by atoms with E-state index in [0.717, 1.165) is 11.5 Å². The van der Waals surface area contributed by atoms with Crippen molar-refractivity contribution in [3.05, 3.63) is 60.7 Å². The van der Waals surface area contributed by atoms with Gasteiger partial charge in [0.15, 0.2) is 0 Å². The maximum absolute atomic E-state index is 8.87. The first kappa shape index (κ1) is 40.9. The van der Waals surface area contributed by atoms with Crippen LogP contribution >= 0.6 is 0 Å². The molecule has 0 aromatic heterocycles. The first-order valence-corrected chi connectivity index (χ1v) is 30.9. The van der Waals surface area contributed by atoms with Crippen LogP contribution in [0.5, 0.6) is 11.5 Å². The summed E-state index contributed by atoms with van der Waals surface area (Å²) in [7, 11) is -5.11. The molecule has 0 atom stereocenters. The van der Waals surface area contributed by atoms with E-state index in [0.29, 0.717) is 33.2 Å². The van der Waals surface area contributed by atoms with Crippen molar-refractivity contribution in [2.45, 2.75) is 226 Å². The first-order chi connectivity index (χ1) is 27.2. The van der Waals surface area contributed by atoms with Crippen LogP contribution in [0.15, 0.2) is 60.7 Å². The van der Waals surface area contributed by atoms with Gasteiger partial charge in [-0.3, -0.25) is 0 Å². The molecule has 0 unspecified atom stereocenters. The summed E-state index contributed by atoms with van der Waals surface area (Å²) in [5.74, 6) is 1.83. The van der Waals surface area contributed by atoms with Crippen molar-refractivity contribution in [2.24, 2.45) is 0 Å². The van der Waals surface area contributed by atoms with Crippen LogP contribution in [-0.2, 0) is 24.2 Å². The summed E-state index contributed by atoms with van der Waals surface area (Å²) in [6.07, 6.45) is 41.0. The number of hydrogen-bond donors (Lipinski definition) is 0. The molecular formula is C48H76O4Si2Ti. The van der Waals surface area contributed by atoms with Crippen LogP contribution in [-0.4, -0.2) is 16.6 Å². The van der Waals surface area contributed by atoms with E-state index >= 15 is 0 Å². The van der Waals surface area contributed by atoms with E-state index in [4.69, 9.17) is 12.7 Å². The van der Waals surface area contributed by atoms with Crippen molar-refractivity contribution < 1.29 is 30.8 Å². The molecule has 0 spiro atoms. The van der Waals surface area contributed by atoms with Gasteiger partial charge in [0.25, 0.3) is 0 Å². The molecule has 55 heavy (non-hydrogen) atoms. The van der Waals surface area contributed by atoms with Crippen LogP contribution < -0.4 is 6.64 Å². The van der Waals surface area contributed by atoms with Crippen LogP contribution in [0.2, 0.25) is 33.2 Å². The summed E-state index contributed by atoms with van der Waals surface area (Å²) in [5.41, 5.74) is 4.14. The molecule has 0 saturated heterocycles. The van der Waals surface area contributed by atoms with Gasteiger partial charge in [0, 0.05) is 0 Å². The molecule has 4 nitrogen and oxygen atoms in total. The predicted molar refractivity (Wildman–Crippen MR) is 229 cm³/mol. The maximum atomic E-state index is 8.87. The Morgan fingerprint density at radius 1 is 0.309 bits per heavy atom. The van der Waals surface area contributed by atoms with Gasteiger partial charge in [-0.15, -0.1) is 0 Å². The Balaban J connectivity index is 1.35. The van der Waals surface area contributed by atoms with Crippen molar-refractivity contribution in [3.8, 4) is 11.5 Å². The summed E-state index contributed by atoms with van der Waals surface area (Å²) in [6, 6.07) is 21.7. The van der Waals surface area contributed by atoms with E-state index in [2.05, 4.69) is 60.7 Å². The van der Waals surface area contributed by atoms with E-state index in [1.807, 2.05) is 0 Å². The zero-order valence-corrected chi connectivity index (χ0v) is 38.1. The molecule has 6 aliphatic carbocycles. The normalized spacial score (nSPS) is 24.4. The standard InChI is InChI=1S/2C18H33OSi.2C6H6O.Ti/c2*19-20(16-10-4-1-5-11-16,17-12-6-2-7-13-17)18-14-8-3-9-15-18;2*7-6-4-2-1-3-5-6;/h2*16-18H,1-15H2;2*1-5,7H;/q2*-1;;;+4/p-2. The molecule has 0 N–H and O–H groups in total. The van der Waals surface area contributed by atoms with Gasteiger partial charge in [0.1, 0.15) is 0 Å². The molecule has 6 aliphatic rings. The Morgan fingerprint density at radius 3 is 0.745 bits per heavy atom. The quantitative estimate of drug-likeness (QED) is 0.178. The third kappa shape index (κ3) is 9.46. The molecule has 7 heteroatoms. The van der Waals surface area contributed by atoms with Crippen LogP contribution in [0, 0.1) is 0 Å². The topological polar surface area (TPSA) is 36.9 Å². The summed E-state index contributed by atoms with van der Waals surface area (Å²) in [5, 5.41) is 0. The van der Waals surface area contributed by atoms with Gasteiger partial charge in [0.05, 0.1) is 0 Å². The minimum atomic E-state index is -4.75. The van der Waals surface area contributed by atoms with Gasteiger partial charge in [-0.25, -0.2) is 0 Å². The van der Waals surface area contributed by atoms with E-state index in [1.54, 1.807) is 0 Å². The van der Waals surface area contributed by atoms with Gasteiger partial charge in [-0.1, -0.05) is 0 Å². The molecule has 0 radical (unpaired) electrons. The molecule has 6 fully saturated rings. The number of para-hydroxylation sites is 2. The minimum absolute atomic E-state index is 0.690. The van der Waals surface area contributed by atoms with Gasteiger partial charge >= 0.3 is 345 Å². The molecule has 2 aromatic rings. The zero-order chi connectivity index (χ0) is 37.2. The molecule has 0 heterocycles. The van der Waals surface area contributed by atoms with Crippen LogP contribution in [0.3, 0.4) is 0 Å². The fourth-order valence-corrected chi connectivity index (χ4v) is 39.2. The van der Waals surface area contributed by atoms with Crippen molar-refractivity contribution in [1.29, 1.82) is 0 Å². The van der Waals surface area contributed by atoms with Gasteiger partial charge in [0.2, 0.25) is 0 Å². The first-order valence-electron chi connectivity index (χ1n) is 24.1. The molecule has 0 aliphatic heterocycles. The Hall–Kier alpha value is -0.892. The number of rotatable bonds is 14. The van der Waals surface area contributed by atoms with Crippen molar-refractivity contribution in [3.63, 3.8) is 0 Å². The summed E-state index contributed by atoms with van der Waals surface area (Å²) in [6.45, 7) is 0.